The average Bonchev–Trinajstić information content (AvgIpc) is 2.52. The molecule has 2 N–H and O–H groups in total. The normalized spacial score (nSPS) is 9.50. The first-order valence-corrected chi connectivity index (χ1v) is 6.63. The lowest BCUT2D eigenvalue weighted by atomic mass is 10.1. The summed E-state index contributed by atoms with van der Waals surface area (Å²) in [5, 5.41) is 2.55. The van der Waals surface area contributed by atoms with E-state index in [1.165, 1.54) is 19.2 Å². The van der Waals surface area contributed by atoms with Crippen LogP contribution in [0.5, 0.6) is 0 Å². The van der Waals surface area contributed by atoms with Crippen molar-refractivity contribution in [3.05, 3.63) is 69.6 Å². The van der Waals surface area contributed by atoms with Crippen LogP contribution in [0.3, 0.4) is 0 Å². The second kappa shape index (κ2) is 7.04. The van der Waals surface area contributed by atoms with Gasteiger partial charge in [0.1, 0.15) is 5.56 Å². The highest BCUT2D eigenvalue weighted by Gasteiger charge is 2.07. The Morgan fingerprint density at radius 2 is 1.91 bits per heavy atom. The quantitative estimate of drug-likeness (QED) is 0.662. The molecule has 22 heavy (non-hydrogen) atoms. The van der Waals surface area contributed by atoms with Crippen LogP contribution in [0, 0.1) is 11.8 Å². The maximum Gasteiger partial charge on any atom is 0.260 e. The highest BCUT2D eigenvalue weighted by atomic mass is 16.2. The first kappa shape index (κ1) is 15.3. The third-order valence-corrected chi connectivity index (χ3v) is 2.92. The van der Waals surface area contributed by atoms with Gasteiger partial charge in [0, 0.05) is 17.3 Å². The van der Waals surface area contributed by atoms with Gasteiger partial charge in [-0.25, -0.2) is 0 Å². The number of hydrogen-bond donors (Lipinski definition) is 2. The third-order valence-electron chi connectivity index (χ3n) is 2.92. The molecule has 1 aromatic heterocycles. The molecule has 0 aliphatic carbocycles. The Hall–Kier alpha value is -3.13. The molecule has 1 heterocycles. The number of ketones is 1. The van der Waals surface area contributed by atoms with Crippen molar-refractivity contribution < 1.29 is 9.59 Å². The number of pyridine rings is 1. The van der Waals surface area contributed by atoms with Gasteiger partial charge in [0.15, 0.2) is 5.78 Å². The molecule has 0 radical (unpaired) electrons. The summed E-state index contributed by atoms with van der Waals surface area (Å²) < 4.78 is 0. The number of aromatic amines is 1. The summed E-state index contributed by atoms with van der Waals surface area (Å²) in [4.78, 5) is 36.8. The first-order valence-electron chi connectivity index (χ1n) is 6.63. The van der Waals surface area contributed by atoms with Gasteiger partial charge >= 0.3 is 0 Å². The van der Waals surface area contributed by atoms with Gasteiger partial charge in [-0.05, 0) is 31.2 Å². The number of carbonyl (C=O) groups excluding carboxylic acids is 2. The molecule has 2 rings (SSSR count). The summed E-state index contributed by atoms with van der Waals surface area (Å²) in [6.07, 6.45) is 1.46. The molecule has 0 atom stereocenters. The minimum Gasteiger partial charge on any atom is -0.341 e. The van der Waals surface area contributed by atoms with Crippen LogP contribution in [-0.4, -0.2) is 23.2 Å². The fourth-order valence-corrected chi connectivity index (χ4v) is 1.75. The van der Waals surface area contributed by atoms with Crippen LogP contribution >= 0.6 is 0 Å². The maximum absolute atomic E-state index is 11.8. The molecular formula is C17H14N2O3. The zero-order chi connectivity index (χ0) is 15.9. The van der Waals surface area contributed by atoms with Crippen molar-refractivity contribution in [1.29, 1.82) is 0 Å². The van der Waals surface area contributed by atoms with Gasteiger partial charge in [0.25, 0.3) is 11.5 Å². The zero-order valence-corrected chi connectivity index (χ0v) is 12.0. The predicted molar refractivity (Wildman–Crippen MR) is 82.7 cm³/mol. The van der Waals surface area contributed by atoms with Gasteiger partial charge in [0.05, 0.1) is 6.54 Å². The van der Waals surface area contributed by atoms with Crippen molar-refractivity contribution >= 4 is 11.7 Å². The molecule has 0 aliphatic rings. The zero-order valence-electron chi connectivity index (χ0n) is 12.0. The van der Waals surface area contributed by atoms with E-state index >= 15 is 0 Å². The number of aromatic nitrogens is 1. The average molecular weight is 294 g/mol. The lowest BCUT2D eigenvalue weighted by Gasteiger charge is -1.99. The standard InChI is InChI=1S/C17H14N2O3/c1-12(20)14-8-6-13(7-9-14)4-2-10-18-16(21)15-5-3-11-19-17(15)22/h3,5-9,11H,10H2,1H3,(H,18,21)(H,19,22). The molecule has 1 aromatic carbocycles. The molecule has 0 spiro atoms. The third kappa shape index (κ3) is 3.93. The number of carbonyl (C=O) groups is 2. The number of benzene rings is 1. The number of H-pyrrole nitrogens is 1. The highest BCUT2D eigenvalue weighted by Crippen LogP contribution is 2.03. The molecule has 5 nitrogen and oxygen atoms in total. The Balaban J connectivity index is 1.94. The van der Waals surface area contributed by atoms with Crippen LogP contribution in [0.25, 0.3) is 0 Å². The van der Waals surface area contributed by atoms with E-state index in [9.17, 15) is 14.4 Å². The molecule has 110 valence electrons. The van der Waals surface area contributed by atoms with E-state index in [-0.39, 0.29) is 17.9 Å². The van der Waals surface area contributed by atoms with Crippen molar-refractivity contribution in [2.75, 3.05) is 6.54 Å². The van der Waals surface area contributed by atoms with Crippen molar-refractivity contribution in [1.82, 2.24) is 10.3 Å². The Labute approximate surface area is 127 Å². The van der Waals surface area contributed by atoms with Crippen LogP contribution in [-0.2, 0) is 0 Å². The van der Waals surface area contributed by atoms with Crippen LogP contribution in [0.1, 0.15) is 33.2 Å². The Bertz CT molecular complexity index is 808. The number of Topliss-reactive ketones (excluding diaryl/α,β-unsaturated/α-hetero) is 1. The summed E-state index contributed by atoms with van der Waals surface area (Å²) in [6.45, 7) is 1.63. The van der Waals surface area contributed by atoms with Crippen molar-refractivity contribution in [3.63, 3.8) is 0 Å². The predicted octanol–water partition coefficient (Wildman–Crippen LogP) is 1.36. The van der Waals surface area contributed by atoms with E-state index in [0.717, 1.165) is 5.56 Å². The van der Waals surface area contributed by atoms with E-state index in [1.807, 2.05) is 0 Å². The topological polar surface area (TPSA) is 79.0 Å². The van der Waals surface area contributed by atoms with Crippen LogP contribution in [0.15, 0.2) is 47.4 Å². The second-order valence-corrected chi connectivity index (χ2v) is 4.53. The minimum absolute atomic E-state index is 0.000134. The van der Waals surface area contributed by atoms with Crippen molar-refractivity contribution in [2.45, 2.75) is 6.92 Å². The summed E-state index contributed by atoms with van der Waals surface area (Å²) in [5.74, 6) is 5.19. The largest absolute Gasteiger partial charge is 0.341 e. The van der Waals surface area contributed by atoms with E-state index in [1.54, 1.807) is 30.3 Å². The molecule has 0 saturated heterocycles. The summed E-state index contributed by atoms with van der Waals surface area (Å²) in [5.41, 5.74) is 0.988. The molecule has 0 aliphatic heterocycles. The van der Waals surface area contributed by atoms with Gasteiger partial charge in [-0.1, -0.05) is 24.0 Å². The SMILES string of the molecule is CC(=O)c1ccc(C#CCNC(=O)c2ccc[nH]c2=O)cc1. The van der Waals surface area contributed by atoms with Gasteiger partial charge in [-0.3, -0.25) is 14.4 Å². The van der Waals surface area contributed by atoms with Crippen molar-refractivity contribution in [3.8, 4) is 11.8 Å². The van der Waals surface area contributed by atoms with Gasteiger partial charge in [0.2, 0.25) is 0 Å². The molecule has 0 fully saturated rings. The molecule has 0 bridgehead atoms. The Morgan fingerprint density at radius 1 is 1.18 bits per heavy atom. The number of amides is 1. The molecule has 5 heteroatoms. The lowest BCUT2D eigenvalue weighted by Crippen LogP contribution is -2.29. The van der Waals surface area contributed by atoms with Crippen LogP contribution in [0.4, 0.5) is 0 Å². The molecule has 2 aromatic rings. The monoisotopic (exact) mass is 294 g/mol. The highest BCUT2D eigenvalue weighted by molar-refractivity contribution is 5.94. The van der Waals surface area contributed by atoms with E-state index in [4.69, 9.17) is 0 Å². The maximum atomic E-state index is 11.8. The molecule has 1 amide bonds. The van der Waals surface area contributed by atoms with Crippen LogP contribution in [0.2, 0.25) is 0 Å². The van der Waals surface area contributed by atoms with E-state index in [2.05, 4.69) is 22.1 Å². The number of nitrogens with one attached hydrogen (secondary N) is 2. The molecule has 0 unspecified atom stereocenters. The first-order chi connectivity index (χ1) is 10.6. The summed E-state index contributed by atoms with van der Waals surface area (Å²) in [6, 6.07) is 9.92. The molecular weight excluding hydrogens is 280 g/mol. The Kier molecular flexibility index (Phi) is 4.89. The summed E-state index contributed by atoms with van der Waals surface area (Å²) in [7, 11) is 0. The van der Waals surface area contributed by atoms with E-state index < -0.39 is 11.5 Å². The second-order valence-electron chi connectivity index (χ2n) is 4.53. The lowest BCUT2D eigenvalue weighted by molar-refractivity contribution is 0.0956. The fourth-order valence-electron chi connectivity index (χ4n) is 1.75. The van der Waals surface area contributed by atoms with Gasteiger partial charge in [-0.15, -0.1) is 0 Å². The van der Waals surface area contributed by atoms with Gasteiger partial charge in [-0.2, -0.15) is 0 Å². The molecule has 0 saturated carbocycles. The van der Waals surface area contributed by atoms with Crippen LogP contribution < -0.4 is 10.9 Å². The number of rotatable bonds is 3. The number of hydrogen-bond acceptors (Lipinski definition) is 3. The smallest absolute Gasteiger partial charge is 0.260 e. The van der Waals surface area contributed by atoms with Gasteiger partial charge < -0.3 is 10.3 Å². The summed E-state index contributed by atoms with van der Waals surface area (Å²) >= 11 is 0. The van der Waals surface area contributed by atoms with Crippen molar-refractivity contribution in [2.24, 2.45) is 0 Å². The van der Waals surface area contributed by atoms with E-state index in [0.29, 0.717) is 5.56 Å². The Morgan fingerprint density at radius 3 is 2.55 bits per heavy atom. The minimum atomic E-state index is -0.469. The fraction of sp³-hybridized carbons (Fsp3) is 0.118.